The smallest absolute Gasteiger partial charge is 0.123 e. The molecule has 1 heterocycles. The maximum absolute atomic E-state index is 13.6. The molecule has 1 aromatic carbocycles. The van der Waals surface area contributed by atoms with Crippen LogP contribution in [0.25, 0.3) is 11.6 Å². The minimum absolute atomic E-state index is 0.263. The molecule has 3 N–H and O–H groups in total. The van der Waals surface area contributed by atoms with E-state index in [1.165, 1.54) is 61.3 Å². The van der Waals surface area contributed by atoms with Gasteiger partial charge in [-0.15, -0.1) is 0 Å². The second-order valence-corrected chi connectivity index (χ2v) is 7.77. The molecule has 2 aromatic rings. The number of nitrogens with one attached hydrogen (secondary N) is 1. The highest BCUT2D eigenvalue weighted by atomic mass is 19.1. The molecule has 0 aliphatic rings. The second kappa shape index (κ2) is 10.5. The van der Waals surface area contributed by atoms with Gasteiger partial charge >= 0.3 is 0 Å². The zero-order valence-corrected chi connectivity index (χ0v) is 18.2. The lowest BCUT2D eigenvalue weighted by molar-refractivity contribution is 0.271. The molecule has 0 aliphatic heterocycles. The van der Waals surface area contributed by atoms with E-state index in [0.717, 1.165) is 29.8 Å². The van der Waals surface area contributed by atoms with Gasteiger partial charge in [-0.3, -0.25) is 0 Å². The molecule has 0 unspecified atom stereocenters. The number of H-pyrrole nitrogens is 1. The fourth-order valence-electron chi connectivity index (χ4n) is 3.95. The van der Waals surface area contributed by atoms with Crippen LogP contribution in [0.15, 0.2) is 18.2 Å². The average molecular weight is 386 g/mol. The second-order valence-electron chi connectivity index (χ2n) is 7.77. The van der Waals surface area contributed by atoms with Crippen LogP contribution >= 0.6 is 0 Å². The van der Waals surface area contributed by atoms with E-state index in [9.17, 15) is 4.39 Å². The summed E-state index contributed by atoms with van der Waals surface area (Å²) in [6.45, 7) is 14.3. The zero-order valence-electron chi connectivity index (χ0n) is 18.2. The van der Waals surface area contributed by atoms with Gasteiger partial charge in [-0.1, -0.05) is 13.8 Å². The monoisotopic (exact) mass is 385 g/mol. The largest absolute Gasteiger partial charge is 0.398 e. The van der Waals surface area contributed by atoms with Crippen molar-refractivity contribution >= 4 is 17.3 Å². The maximum Gasteiger partial charge on any atom is 0.123 e. The Labute approximate surface area is 169 Å². The van der Waals surface area contributed by atoms with E-state index in [1.54, 1.807) is 6.07 Å². The predicted molar refractivity (Wildman–Crippen MR) is 120 cm³/mol. The maximum atomic E-state index is 13.6. The Balaban J connectivity index is 2.13. The Morgan fingerprint density at radius 1 is 1.14 bits per heavy atom. The zero-order chi connectivity index (χ0) is 20.7. The fraction of sp³-hybridized carbons (Fsp3) is 0.500. The minimum atomic E-state index is -0.263. The number of hydrogen-bond acceptors (Lipinski definition) is 2. The van der Waals surface area contributed by atoms with E-state index in [0.29, 0.717) is 5.69 Å². The quantitative estimate of drug-likeness (QED) is 0.495. The molecule has 0 aliphatic carbocycles. The Morgan fingerprint density at radius 3 is 2.46 bits per heavy atom. The number of nitrogens with zero attached hydrogens (tertiary/aromatic N) is 1. The number of aryl methyl sites for hydroxylation is 1. The highest BCUT2D eigenvalue weighted by Gasteiger charge is 2.12. The third-order valence-corrected chi connectivity index (χ3v) is 5.41. The number of rotatable bonds is 10. The number of anilines is 1. The molecule has 28 heavy (non-hydrogen) atoms. The van der Waals surface area contributed by atoms with Gasteiger partial charge in [0.05, 0.1) is 0 Å². The molecule has 0 saturated heterocycles. The van der Waals surface area contributed by atoms with Crippen molar-refractivity contribution in [2.45, 2.75) is 60.3 Å². The van der Waals surface area contributed by atoms with Crippen LogP contribution in [0.4, 0.5) is 10.1 Å². The highest BCUT2D eigenvalue weighted by molar-refractivity contribution is 5.85. The number of hydrogen-bond donors (Lipinski definition) is 2. The Morgan fingerprint density at radius 2 is 1.82 bits per heavy atom. The van der Waals surface area contributed by atoms with Gasteiger partial charge in [-0.2, -0.15) is 0 Å². The Bertz CT molecular complexity index is 798. The summed E-state index contributed by atoms with van der Waals surface area (Å²) in [5.41, 5.74) is 13.4. The van der Waals surface area contributed by atoms with Gasteiger partial charge in [-0.05, 0) is 107 Å². The molecule has 0 fully saturated rings. The first-order valence-corrected chi connectivity index (χ1v) is 10.5. The number of aromatic amines is 1. The summed E-state index contributed by atoms with van der Waals surface area (Å²) in [5, 5.41) is 0. The van der Waals surface area contributed by atoms with Crippen LogP contribution < -0.4 is 5.73 Å². The lowest BCUT2D eigenvalue weighted by Gasteiger charge is -2.20. The van der Waals surface area contributed by atoms with E-state index in [-0.39, 0.29) is 5.82 Å². The third kappa shape index (κ3) is 5.71. The van der Waals surface area contributed by atoms with Crippen molar-refractivity contribution in [1.82, 2.24) is 9.88 Å². The minimum Gasteiger partial charge on any atom is -0.398 e. The lowest BCUT2D eigenvalue weighted by Crippen LogP contribution is -2.26. The van der Waals surface area contributed by atoms with Crippen LogP contribution in [0.2, 0.25) is 0 Å². The first-order chi connectivity index (χ1) is 13.4. The summed E-state index contributed by atoms with van der Waals surface area (Å²) in [4.78, 5) is 6.08. The Hall–Kier alpha value is -2.07. The van der Waals surface area contributed by atoms with Crippen molar-refractivity contribution in [3.63, 3.8) is 0 Å². The standard InChI is InChI=1S/C24H36FN3/c1-6-12-28(13-7-2)14-8-9-21-18(4)24(27-19(21)5)15-17(3)22-16-20(25)10-11-23(22)26/h10-11,15-16,27H,6-9,12-14,26H2,1-5H3/b17-15+. The van der Waals surface area contributed by atoms with E-state index < -0.39 is 0 Å². The van der Waals surface area contributed by atoms with Gasteiger partial charge in [0.2, 0.25) is 0 Å². The van der Waals surface area contributed by atoms with Gasteiger partial charge in [-0.25, -0.2) is 4.39 Å². The summed E-state index contributed by atoms with van der Waals surface area (Å²) in [6.07, 6.45) is 6.74. The van der Waals surface area contributed by atoms with E-state index in [4.69, 9.17) is 5.73 Å². The van der Waals surface area contributed by atoms with Crippen LogP contribution in [0.3, 0.4) is 0 Å². The molecule has 0 bridgehead atoms. The number of nitrogens with two attached hydrogens (primary N) is 1. The number of benzene rings is 1. The van der Waals surface area contributed by atoms with E-state index >= 15 is 0 Å². The third-order valence-electron chi connectivity index (χ3n) is 5.41. The summed E-state index contributed by atoms with van der Waals surface area (Å²) in [5.74, 6) is -0.263. The predicted octanol–water partition coefficient (Wildman–Crippen LogP) is 5.97. The van der Waals surface area contributed by atoms with Crippen LogP contribution in [0, 0.1) is 19.7 Å². The van der Waals surface area contributed by atoms with Gasteiger partial charge in [0.15, 0.2) is 0 Å². The number of allylic oxidation sites excluding steroid dienone is 1. The summed E-state index contributed by atoms with van der Waals surface area (Å²) in [6, 6.07) is 4.52. The van der Waals surface area contributed by atoms with Gasteiger partial charge in [0.1, 0.15) is 5.82 Å². The van der Waals surface area contributed by atoms with E-state index in [2.05, 4.69) is 43.7 Å². The first-order valence-electron chi connectivity index (χ1n) is 10.5. The topological polar surface area (TPSA) is 45.0 Å². The molecule has 0 atom stereocenters. The molecule has 2 rings (SSSR count). The van der Waals surface area contributed by atoms with E-state index in [1.807, 2.05) is 6.92 Å². The number of halogens is 1. The normalized spacial score (nSPS) is 12.2. The molecule has 0 saturated carbocycles. The van der Waals surface area contributed by atoms with Gasteiger partial charge in [0, 0.05) is 22.6 Å². The summed E-state index contributed by atoms with van der Waals surface area (Å²) in [7, 11) is 0. The molecule has 0 spiro atoms. The first kappa shape index (κ1) is 22.2. The molecule has 3 nitrogen and oxygen atoms in total. The van der Waals surface area contributed by atoms with Crippen molar-refractivity contribution in [3.05, 3.63) is 52.1 Å². The Kier molecular flexibility index (Phi) is 8.31. The molecular weight excluding hydrogens is 349 g/mol. The summed E-state index contributed by atoms with van der Waals surface area (Å²) < 4.78 is 13.6. The number of nitrogen functional groups attached to an aromatic ring is 1. The molecule has 0 radical (unpaired) electrons. The summed E-state index contributed by atoms with van der Waals surface area (Å²) >= 11 is 0. The van der Waals surface area contributed by atoms with Crippen LogP contribution in [0.1, 0.15) is 68.1 Å². The molecular formula is C24H36FN3. The van der Waals surface area contributed by atoms with Crippen LogP contribution in [0.5, 0.6) is 0 Å². The van der Waals surface area contributed by atoms with Crippen LogP contribution in [-0.4, -0.2) is 29.5 Å². The fourth-order valence-corrected chi connectivity index (χ4v) is 3.95. The lowest BCUT2D eigenvalue weighted by atomic mass is 10.0. The van der Waals surface area contributed by atoms with Crippen molar-refractivity contribution < 1.29 is 4.39 Å². The number of aromatic nitrogens is 1. The molecule has 154 valence electrons. The van der Waals surface area contributed by atoms with Crippen molar-refractivity contribution in [2.75, 3.05) is 25.4 Å². The van der Waals surface area contributed by atoms with Crippen molar-refractivity contribution in [3.8, 4) is 0 Å². The van der Waals surface area contributed by atoms with Gasteiger partial charge in [0.25, 0.3) is 0 Å². The molecule has 0 amide bonds. The molecule has 4 heteroatoms. The molecule has 1 aromatic heterocycles. The SMILES string of the molecule is CCCN(CCC)CCCc1c(C)[nH]c(/C=C(\C)c2cc(F)ccc2N)c1C. The van der Waals surface area contributed by atoms with Gasteiger partial charge < -0.3 is 15.6 Å². The highest BCUT2D eigenvalue weighted by Crippen LogP contribution is 2.27. The van der Waals surface area contributed by atoms with Crippen molar-refractivity contribution in [2.24, 2.45) is 0 Å². The van der Waals surface area contributed by atoms with Crippen LogP contribution in [-0.2, 0) is 6.42 Å². The average Bonchev–Trinajstić information content (AvgIpc) is 2.91. The van der Waals surface area contributed by atoms with Crippen molar-refractivity contribution in [1.29, 1.82) is 0 Å².